The van der Waals surface area contributed by atoms with E-state index in [-0.39, 0.29) is 36.0 Å². The Morgan fingerprint density at radius 3 is 2.62 bits per heavy atom. The van der Waals surface area contributed by atoms with Crippen LogP contribution in [0.4, 0.5) is 0 Å². The number of hydrogen-bond donors (Lipinski definition) is 2. The molecule has 6 nitrogen and oxygen atoms in total. The molecule has 1 amide bonds. The first-order chi connectivity index (χ1) is 15.2. The maximum Gasteiger partial charge on any atom is 0.222 e. The number of carbonyl (C=O) groups excluding carboxylic acids is 1. The van der Waals surface area contributed by atoms with Gasteiger partial charge in [0.1, 0.15) is 0 Å². The van der Waals surface area contributed by atoms with Crippen molar-refractivity contribution in [2.24, 2.45) is 4.99 Å². The lowest BCUT2D eigenvalue weighted by Gasteiger charge is -2.17. The molecule has 1 saturated heterocycles. The summed E-state index contributed by atoms with van der Waals surface area (Å²) in [7, 11) is 1.78. The van der Waals surface area contributed by atoms with Crippen LogP contribution in [0.15, 0.2) is 59.6 Å². The van der Waals surface area contributed by atoms with Crippen LogP contribution in [0.25, 0.3) is 0 Å². The first-order valence-electron chi connectivity index (χ1n) is 11.1. The fourth-order valence-electron chi connectivity index (χ4n) is 3.70. The molecule has 1 unspecified atom stereocenters. The Labute approximate surface area is 208 Å². The average molecular weight is 550 g/mol. The van der Waals surface area contributed by atoms with E-state index in [0.29, 0.717) is 26.1 Å². The van der Waals surface area contributed by atoms with Gasteiger partial charge in [-0.2, -0.15) is 0 Å². The maximum atomic E-state index is 11.9. The van der Waals surface area contributed by atoms with Crippen molar-refractivity contribution in [2.45, 2.75) is 45.4 Å². The summed E-state index contributed by atoms with van der Waals surface area (Å²) in [6, 6.07) is 18.6. The van der Waals surface area contributed by atoms with Crippen molar-refractivity contribution >= 4 is 35.8 Å². The van der Waals surface area contributed by atoms with E-state index >= 15 is 0 Å². The molecule has 1 aliphatic rings. The van der Waals surface area contributed by atoms with Gasteiger partial charge in [0.2, 0.25) is 5.91 Å². The van der Waals surface area contributed by atoms with E-state index in [4.69, 9.17) is 4.74 Å². The Bertz CT molecular complexity index is 860. The number of carbonyl (C=O) groups is 1. The summed E-state index contributed by atoms with van der Waals surface area (Å²) in [4.78, 5) is 18.1. The van der Waals surface area contributed by atoms with E-state index in [2.05, 4.69) is 52.9 Å². The van der Waals surface area contributed by atoms with Crippen molar-refractivity contribution in [2.75, 3.05) is 26.7 Å². The minimum absolute atomic E-state index is 0. The Morgan fingerprint density at radius 2 is 1.91 bits per heavy atom. The number of benzene rings is 2. The molecule has 0 spiro atoms. The molecule has 0 saturated carbocycles. The molecule has 2 aromatic rings. The number of aliphatic imine (C=N–C) groups is 1. The summed E-state index contributed by atoms with van der Waals surface area (Å²) >= 11 is 0. The number of halogens is 1. The smallest absolute Gasteiger partial charge is 0.222 e. The molecular weight excluding hydrogens is 515 g/mol. The van der Waals surface area contributed by atoms with Gasteiger partial charge in [0.25, 0.3) is 0 Å². The molecule has 7 heteroatoms. The number of amides is 1. The minimum atomic E-state index is 0. The predicted molar refractivity (Wildman–Crippen MR) is 140 cm³/mol. The summed E-state index contributed by atoms with van der Waals surface area (Å²) in [5, 5.41) is 6.70. The molecule has 0 bridgehead atoms. The van der Waals surface area contributed by atoms with Gasteiger partial charge in [-0.05, 0) is 36.5 Å². The van der Waals surface area contributed by atoms with Crippen LogP contribution in [0.3, 0.4) is 0 Å². The van der Waals surface area contributed by atoms with Gasteiger partial charge in [-0.1, -0.05) is 54.6 Å². The van der Waals surface area contributed by atoms with Gasteiger partial charge in [-0.3, -0.25) is 9.79 Å². The molecule has 1 fully saturated rings. The van der Waals surface area contributed by atoms with Crippen molar-refractivity contribution in [3.63, 3.8) is 0 Å². The van der Waals surface area contributed by atoms with Gasteiger partial charge in [0.15, 0.2) is 5.96 Å². The number of guanidine groups is 1. The lowest BCUT2D eigenvalue weighted by atomic mass is 10.1. The van der Waals surface area contributed by atoms with E-state index in [1.165, 1.54) is 16.7 Å². The molecule has 1 aliphatic heterocycles. The molecule has 0 aliphatic carbocycles. The van der Waals surface area contributed by atoms with Gasteiger partial charge in [0.05, 0.1) is 6.10 Å². The molecule has 0 aromatic heterocycles. The highest BCUT2D eigenvalue weighted by atomic mass is 127. The molecule has 1 atom stereocenters. The number of likely N-dealkylation sites (tertiary alicyclic amines) is 1. The molecule has 1 heterocycles. The quantitative estimate of drug-likeness (QED) is 0.201. The molecule has 2 N–H and O–H groups in total. The zero-order valence-electron chi connectivity index (χ0n) is 19.0. The van der Waals surface area contributed by atoms with E-state index in [1.54, 1.807) is 7.05 Å². The van der Waals surface area contributed by atoms with Crippen molar-refractivity contribution in [3.05, 3.63) is 71.3 Å². The fraction of sp³-hybridized carbons (Fsp3) is 0.440. The standard InChI is InChI=1S/C25H34N4O2.HI/c1-20(23-11-4-3-5-12-23)31-16-8-14-27-25(26-2)28-18-21-9-6-10-22(17-21)19-29-15-7-13-24(29)30;/h3-6,9-12,17,20H,7-8,13-16,18-19H2,1-2H3,(H2,26,27,28);1H. The summed E-state index contributed by atoms with van der Waals surface area (Å²) in [5.41, 5.74) is 3.54. The van der Waals surface area contributed by atoms with Gasteiger partial charge < -0.3 is 20.3 Å². The van der Waals surface area contributed by atoms with E-state index in [9.17, 15) is 4.79 Å². The van der Waals surface area contributed by atoms with E-state index < -0.39 is 0 Å². The zero-order chi connectivity index (χ0) is 21.9. The minimum Gasteiger partial charge on any atom is -0.374 e. The van der Waals surface area contributed by atoms with Crippen LogP contribution in [0.2, 0.25) is 0 Å². The predicted octanol–water partition coefficient (Wildman–Crippen LogP) is 4.26. The number of rotatable bonds is 10. The van der Waals surface area contributed by atoms with Gasteiger partial charge in [-0.15, -0.1) is 24.0 Å². The van der Waals surface area contributed by atoms with Crippen LogP contribution in [-0.2, 0) is 22.6 Å². The van der Waals surface area contributed by atoms with Crippen molar-refractivity contribution < 1.29 is 9.53 Å². The fourth-order valence-corrected chi connectivity index (χ4v) is 3.70. The molecule has 3 rings (SSSR count). The van der Waals surface area contributed by atoms with E-state index in [1.807, 2.05) is 29.2 Å². The topological polar surface area (TPSA) is 66.0 Å². The second-order valence-corrected chi connectivity index (χ2v) is 7.87. The maximum absolute atomic E-state index is 11.9. The van der Waals surface area contributed by atoms with Gasteiger partial charge in [0, 0.05) is 46.3 Å². The van der Waals surface area contributed by atoms with Crippen LogP contribution in [0.5, 0.6) is 0 Å². The van der Waals surface area contributed by atoms with Crippen LogP contribution < -0.4 is 10.6 Å². The Kier molecular flexibility index (Phi) is 11.5. The normalized spacial score (nSPS) is 14.8. The van der Waals surface area contributed by atoms with Gasteiger partial charge >= 0.3 is 0 Å². The molecular formula is C25H35IN4O2. The molecule has 2 aromatic carbocycles. The molecule has 0 radical (unpaired) electrons. The first kappa shape index (κ1) is 26.1. The molecule has 32 heavy (non-hydrogen) atoms. The third-order valence-corrected chi connectivity index (χ3v) is 5.47. The number of nitrogens with zero attached hydrogens (tertiary/aromatic N) is 2. The van der Waals surface area contributed by atoms with Crippen LogP contribution >= 0.6 is 24.0 Å². The SMILES string of the molecule is CN=C(NCCCOC(C)c1ccccc1)NCc1cccc(CN2CCCC2=O)c1.I. The number of ether oxygens (including phenoxy) is 1. The summed E-state index contributed by atoms with van der Waals surface area (Å²) in [6.07, 6.45) is 2.65. The lowest BCUT2D eigenvalue weighted by Crippen LogP contribution is -2.37. The molecule has 174 valence electrons. The lowest BCUT2D eigenvalue weighted by molar-refractivity contribution is -0.128. The Hall–Kier alpha value is -2.13. The Morgan fingerprint density at radius 1 is 1.12 bits per heavy atom. The van der Waals surface area contributed by atoms with E-state index in [0.717, 1.165) is 31.9 Å². The number of nitrogens with one attached hydrogen (secondary N) is 2. The monoisotopic (exact) mass is 550 g/mol. The second kappa shape index (κ2) is 14.1. The Balaban J connectivity index is 0.00000363. The summed E-state index contributed by atoms with van der Waals surface area (Å²) in [6.45, 7) is 5.81. The van der Waals surface area contributed by atoms with Crippen molar-refractivity contribution in [3.8, 4) is 0 Å². The highest BCUT2D eigenvalue weighted by Crippen LogP contribution is 2.16. The average Bonchev–Trinajstić information content (AvgIpc) is 3.20. The number of hydrogen-bond acceptors (Lipinski definition) is 3. The van der Waals surface area contributed by atoms with Crippen LogP contribution in [0.1, 0.15) is 49.0 Å². The van der Waals surface area contributed by atoms with Crippen molar-refractivity contribution in [1.29, 1.82) is 0 Å². The first-order valence-corrected chi connectivity index (χ1v) is 11.1. The highest BCUT2D eigenvalue weighted by Gasteiger charge is 2.19. The van der Waals surface area contributed by atoms with Crippen LogP contribution in [-0.4, -0.2) is 43.5 Å². The highest BCUT2D eigenvalue weighted by molar-refractivity contribution is 14.0. The zero-order valence-corrected chi connectivity index (χ0v) is 21.4. The van der Waals surface area contributed by atoms with Crippen molar-refractivity contribution in [1.82, 2.24) is 15.5 Å². The third-order valence-electron chi connectivity index (χ3n) is 5.47. The second-order valence-electron chi connectivity index (χ2n) is 7.87. The van der Waals surface area contributed by atoms with Gasteiger partial charge in [-0.25, -0.2) is 0 Å². The van der Waals surface area contributed by atoms with Crippen LogP contribution in [0, 0.1) is 0 Å². The third kappa shape index (κ3) is 8.43. The largest absolute Gasteiger partial charge is 0.374 e. The summed E-state index contributed by atoms with van der Waals surface area (Å²) in [5.74, 6) is 1.03. The summed E-state index contributed by atoms with van der Waals surface area (Å²) < 4.78 is 5.92.